The lowest BCUT2D eigenvalue weighted by Gasteiger charge is -2.15. The molecule has 1 aliphatic rings. The van der Waals surface area contributed by atoms with E-state index in [-0.39, 0.29) is 6.04 Å². The van der Waals surface area contributed by atoms with Crippen LogP contribution in [0.15, 0.2) is 12.5 Å². The van der Waals surface area contributed by atoms with E-state index in [4.69, 9.17) is 16.6 Å². The molecule has 0 aromatic carbocycles. The molecule has 2 aromatic heterocycles. The van der Waals surface area contributed by atoms with Crippen molar-refractivity contribution in [2.45, 2.75) is 36.8 Å². The molecule has 9 N–H and O–H groups in total. The van der Waals surface area contributed by atoms with Crippen LogP contribution in [0.4, 0.5) is 5.82 Å². The van der Waals surface area contributed by atoms with Crippen LogP contribution in [0.1, 0.15) is 18.0 Å². The molecule has 0 radical (unpaired) electrons. The lowest BCUT2D eigenvalue weighted by Crippen LogP contribution is -2.35. The van der Waals surface area contributed by atoms with E-state index in [2.05, 4.69) is 20.3 Å². The van der Waals surface area contributed by atoms with Gasteiger partial charge < -0.3 is 37.1 Å². The number of aliphatic hydroxyl groups excluding tert-OH is 2. The Morgan fingerprint density at radius 1 is 1.35 bits per heavy atom. The van der Waals surface area contributed by atoms with Crippen molar-refractivity contribution in [3.05, 3.63) is 18.1 Å². The normalized spacial score (nSPS) is 27.0. The van der Waals surface area contributed by atoms with Gasteiger partial charge in [0.25, 0.3) is 0 Å². The van der Waals surface area contributed by atoms with Crippen LogP contribution in [0.5, 0.6) is 0 Å². The third kappa shape index (κ3) is 3.62. The Labute approximate surface area is 153 Å². The summed E-state index contributed by atoms with van der Waals surface area (Å²) in [5.41, 5.74) is 13.2. The molecule has 5 atom stereocenters. The molecule has 0 aliphatic carbocycles. The number of carbonyl (C=O) groups is 1. The van der Waals surface area contributed by atoms with Crippen molar-refractivity contribution >= 4 is 34.6 Å². The van der Waals surface area contributed by atoms with Gasteiger partial charge in [0.1, 0.15) is 24.0 Å². The smallest absolute Gasteiger partial charge is 0.320 e. The largest absolute Gasteiger partial charge is 0.480 e. The predicted octanol–water partition coefficient (Wildman–Crippen LogP) is -1.19. The van der Waals surface area contributed by atoms with E-state index >= 15 is 0 Å². The van der Waals surface area contributed by atoms with Crippen molar-refractivity contribution in [3.63, 3.8) is 0 Å². The average Bonchev–Trinajstić information content (AvgIpc) is 3.15. The van der Waals surface area contributed by atoms with Gasteiger partial charge in [0.15, 0.2) is 5.82 Å². The number of thioether (sulfide) groups is 1. The Kier molecular flexibility index (Phi) is 5.63. The second kappa shape index (κ2) is 7.76. The van der Waals surface area contributed by atoms with Crippen molar-refractivity contribution in [2.24, 2.45) is 5.73 Å². The van der Waals surface area contributed by atoms with E-state index in [1.54, 1.807) is 6.20 Å². The van der Waals surface area contributed by atoms with Crippen molar-refractivity contribution in [1.29, 1.82) is 0 Å². The zero-order valence-electron chi connectivity index (χ0n) is 13.9. The molecule has 0 spiro atoms. The summed E-state index contributed by atoms with van der Waals surface area (Å²) in [6.45, 7) is 0. The van der Waals surface area contributed by atoms with Crippen LogP contribution in [0.25, 0.3) is 11.0 Å². The van der Waals surface area contributed by atoms with Gasteiger partial charge in [0.2, 0.25) is 0 Å². The third-order valence-corrected chi connectivity index (χ3v) is 5.66. The van der Waals surface area contributed by atoms with Crippen molar-refractivity contribution < 1.29 is 20.1 Å². The van der Waals surface area contributed by atoms with Gasteiger partial charge in [-0.1, -0.05) is 0 Å². The minimum absolute atomic E-state index is 0.316. The Morgan fingerprint density at radius 3 is 2.85 bits per heavy atom. The van der Waals surface area contributed by atoms with E-state index in [0.29, 0.717) is 40.3 Å². The van der Waals surface area contributed by atoms with Gasteiger partial charge in [-0.25, -0.2) is 9.97 Å². The SMILES string of the molecule is Nc1ncnc2c([C@@H]3N[C@H](CSCC[C@H](N)C(=O)O)[C@@H](O)[C@H]3O)c[nH]c12. The number of aliphatic hydroxyl groups is 2. The van der Waals surface area contributed by atoms with Gasteiger partial charge >= 0.3 is 5.97 Å². The maximum absolute atomic E-state index is 10.7. The van der Waals surface area contributed by atoms with Gasteiger partial charge in [0, 0.05) is 23.6 Å². The van der Waals surface area contributed by atoms with Crippen LogP contribution in [-0.2, 0) is 4.79 Å². The lowest BCUT2D eigenvalue weighted by atomic mass is 10.0. The Morgan fingerprint density at radius 2 is 2.12 bits per heavy atom. The van der Waals surface area contributed by atoms with E-state index in [9.17, 15) is 15.0 Å². The first-order chi connectivity index (χ1) is 12.4. The standard InChI is InChI=1S/C15H22N6O4S/c16-7(15(24)25)1-2-26-4-8-12(22)13(23)10(21-8)6-3-18-11-9(6)19-5-20-14(11)17/h3,5,7-8,10,12-13,18,21-23H,1-2,4,16H2,(H,24,25)(H2,17,19,20)/t7-,8+,10-,12+,13-/m0/s1. The topological polar surface area (TPSA) is 183 Å². The molecule has 1 aliphatic heterocycles. The third-order valence-electron chi connectivity index (χ3n) is 4.54. The molecule has 0 bridgehead atoms. The second-order valence-electron chi connectivity index (χ2n) is 6.27. The quantitative estimate of drug-likeness (QED) is 0.287. The molecular formula is C15H22N6O4S. The maximum Gasteiger partial charge on any atom is 0.320 e. The molecule has 0 saturated carbocycles. The zero-order valence-corrected chi connectivity index (χ0v) is 14.7. The van der Waals surface area contributed by atoms with Crippen molar-refractivity contribution in [1.82, 2.24) is 20.3 Å². The summed E-state index contributed by atoms with van der Waals surface area (Å²) < 4.78 is 0. The molecule has 1 fully saturated rings. The predicted molar refractivity (Wildman–Crippen MR) is 97.5 cm³/mol. The number of carboxylic acids is 1. The van der Waals surface area contributed by atoms with Gasteiger partial charge in [0.05, 0.1) is 17.7 Å². The summed E-state index contributed by atoms with van der Waals surface area (Å²) in [6, 6.07) is -1.73. The van der Waals surface area contributed by atoms with Crippen LogP contribution >= 0.6 is 11.8 Å². The highest BCUT2D eigenvalue weighted by Gasteiger charge is 2.42. The molecule has 10 nitrogen and oxygen atoms in total. The number of H-pyrrole nitrogens is 1. The first-order valence-corrected chi connectivity index (χ1v) is 9.31. The molecule has 3 rings (SSSR count). The number of hydrogen-bond donors (Lipinski definition) is 7. The number of anilines is 1. The summed E-state index contributed by atoms with van der Waals surface area (Å²) in [7, 11) is 0. The highest BCUT2D eigenvalue weighted by atomic mass is 32.2. The van der Waals surface area contributed by atoms with E-state index in [1.165, 1.54) is 18.1 Å². The number of rotatable bonds is 7. The summed E-state index contributed by atoms with van der Waals surface area (Å²) in [5.74, 6) is 0.355. The summed E-state index contributed by atoms with van der Waals surface area (Å²) in [4.78, 5) is 21.8. The van der Waals surface area contributed by atoms with Crippen molar-refractivity contribution in [3.8, 4) is 0 Å². The van der Waals surface area contributed by atoms with Crippen LogP contribution in [-0.4, -0.2) is 72.0 Å². The first kappa shape index (κ1) is 18.9. The monoisotopic (exact) mass is 382 g/mol. The fourth-order valence-corrected chi connectivity index (χ4v) is 4.18. The Bertz CT molecular complexity index is 787. The molecule has 142 valence electrons. The number of nitrogen functional groups attached to an aromatic ring is 1. The van der Waals surface area contributed by atoms with Crippen LogP contribution in [0.2, 0.25) is 0 Å². The Hall–Kier alpha value is -1.92. The number of nitrogens with one attached hydrogen (secondary N) is 2. The first-order valence-electron chi connectivity index (χ1n) is 8.16. The van der Waals surface area contributed by atoms with E-state index < -0.39 is 30.3 Å². The number of fused-ring (bicyclic) bond motifs is 1. The Balaban J connectivity index is 1.64. The average molecular weight is 382 g/mol. The second-order valence-corrected chi connectivity index (χ2v) is 7.42. The fourth-order valence-electron chi connectivity index (χ4n) is 3.04. The molecule has 26 heavy (non-hydrogen) atoms. The molecule has 2 aromatic rings. The van der Waals surface area contributed by atoms with Crippen LogP contribution in [0.3, 0.4) is 0 Å². The number of nitrogens with two attached hydrogens (primary N) is 2. The maximum atomic E-state index is 10.7. The minimum atomic E-state index is -1.03. The molecule has 1 saturated heterocycles. The van der Waals surface area contributed by atoms with Gasteiger partial charge in [-0.05, 0) is 12.2 Å². The number of hydrogen-bond acceptors (Lipinski definition) is 9. The van der Waals surface area contributed by atoms with Gasteiger partial charge in [-0.2, -0.15) is 11.8 Å². The number of nitrogens with zero attached hydrogens (tertiary/aromatic N) is 2. The molecule has 0 amide bonds. The number of aliphatic carboxylic acids is 1. The zero-order chi connectivity index (χ0) is 18.8. The van der Waals surface area contributed by atoms with Crippen molar-refractivity contribution in [2.75, 3.05) is 17.2 Å². The fraction of sp³-hybridized carbons (Fsp3) is 0.533. The molecular weight excluding hydrogens is 360 g/mol. The number of aromatic amines is 1. The molecule has 11 heteroatoms. The van der Waals surface area contributed by atoms with Crippen LogP contribution < -0.4 is 16.8 Å². The summed E-state index contributed by atoms with van der Waals surface area (Å²) in [5, 5.41) is 32.8. The highest BCUT2D eigenvalue weighted by molar-refractivity contribution is 7.99. The van der Waals surface area contributed by atoms with Gasteiger partial charge in [-0.3, -0.25) is 4.79 Å². The highest BCUT2D eigenvalue weighted by Crippen LogP contribution is 2.33. The summed E-state index contributed by atoms with van der Waals surface area (Å²) >= 11 is 1.48. The lowest BCUT2D eigenvalue weighted by molar-refractivity contribution is -0.138. The van der Waals surface area contributed by atoms with Gasteiger partial charge in [-0.15, -0.1) is 0 Å². The molecule has 3 heterocycles. The number of aromatic nitrogens is 3. The van der Waals surface area contributed by atoms with E-state index in [1.807, 2.05) is 0 Å². The number of carboxylic acid groups (broad SMARTS) is 1. The van der Waals surface area contributed by atoms with Crippen LogP contribution in [0, 0.1) is 0 Å². The minimum Gasteiger partial charge on any atom is -0.480 e. The van der Waals surface area contributed by atoms with E-state index in [0.717, 1.165) is 0 Å². The summed E-state index contributed by atoms with van der Waals surface area (Å²) in [6.07, 6.45) is 1.44. The molecule has 0 unspecified atom stereocenters.